The molecular weight excluding hydrogens is 486 g/mol. The van der Waals surface area contributed by atoms with Crippen molar-refractivity contribution < 1.29 is 27.5 Å². The largest absolute Gasteiger partial charge is 0.497 e. The molecule has 0 saturated carbocycles. The predicted molar refractivity (Wildman–Crippen MR) is 143 cm³/mol. The number of anilines is 1. The van der Waals surface area contributed by atoms with Crippen LogP contribution in [0.1, 0.15) is 29.5 Å². The van der Waals surface area contributed by atoms with Crippen molar-refractivity contribution in [3.8, 4) is 5.75 Å². The third kappa shape index (κ3) is 5.83. The summed E-state index contributed by atoms with van der Waals surface area (Å²) in [5, 5.41) is 0. The fraction of sp³-hybridized carbons (Fsp3) is 0.387. The average molecular weight is 522 g/mol. The third-order valence-corrected chi connectivity index (χ3v) is 8.19. The first-order valence-corrected chi connectivity index (χ1v) is 13.3. The Morgan fingerprint density at radius 1 is 0.974 bits per heavy atom. The van der Waals surface area contributed by atoms with Crippen LogP contribution in [0, 0.1) is 24.5 Å². The minimum atomic E-state index is -0.930. The zero-order chi connectivity index (χ0) is 26.7. The Morgan fingerprint density at radius 2 is 1.71 bits per heavy atom. The van der Waals surface area contributed by atoms with Gasteiger partial charge in [0, 0.05) is 30.9 Å². The summed E-state index contributed by atoms with van der Waals surface area (Å²) in [7, 11) is 1.67. The zero-order valence-corrected chi connectivity index (χ0v) is 22.0. The highest BCUT2D eigenvalue weighted by molar-refractivity contribution is 5.87. The van der Waals surface area contributed by atoms with E-state index in [1.165, 1.54) is 16.5 Å². The lowest BCUT2D eigenvalue weighted by Gasteiger charge is -2.52. The number of fused-ring (bicyclic) bond motifs is 3. The zero-order valence-electron chi connectivity index (χ0n) is 22.0. The first kappa shape index (κ1) is 26.2. The highest BCUT2D eigenvalue weighted by Crippen LogP contribution is 2.36. The maximum atomic E-state index is 13.9. The maximum Gasteiger partial charge on any atom is 0.415 e. The van der Waals surface area contributed by atoms with E-state index in [2.05, 4.69) is 12.1 Å². The molecule has 0 spiro atoms. The first-order chi connectivity index (χ1) is 18.3. The molecule has 0 radical (unpaired) electrons. The van der Waals surface area contributed by atoms with Crippen molar-refractivity contribution in [3.05, 3.63) is 95.1 Å². The summed E-state index contributed by atoms with van der Waals surface area (Å²) in [6.07, 6.45) is 2.41. The van der Waals surface area contributed by atoms with Gasteiger partial charge in [0.2, 0.25) is 0 Å². The van der Waals surface area contributed by atoms with E-state index in [9.17, 15) is 13.6 Å². The molecule has 0 aromatic heterocycles. The number of nitrogens with zero attached hydrogens (tertiary/aromatic N) is 2. The van der Waals surface area contributed by atoms with E-state index < -0.39 is 17.7 Å². The first-order valence-electron chi connectivity index (χ1n) is 13.3. The van der Waals surface area contributed by atoms with Gasteiger partial charge in [-0.1, -0.05) is 30.3 Å². The summed E-state index contributed by atoms with van der Waals surface area (Å²) in [5.74, 6) is -0.634. The molecule has 6 rings (SSSR count). The Hall–Kier alpha value is -3.45. The van der Waals surface area contributed by atoms with Crippen LogP contribution in [0.2, 0.25) is 0 Å². The highest BCUT2D eigenvalue weighted by atomic mass is 19.2. The number of hydrogen-bond acceptors (Lipinski definition) is 3. The molecule has 0 N–H and O–H groups in total. The van der Waals surface area contributed by atoms with E-state index in [4.69, 9.17) is 9.47 Å². The molecule has 1 amide bonds. The normalized spacial score (nSPS) is 22.2. The Kier molecular flexibility index (Phi) is 7.65. The molecule has 38 heavy (non-hydrogen) atoms. The van der Waals surface area contributed by atoms with Gasteiger partial charge in [-0.3, -0.25) is 4.90 Å². The summed E-state index contributed by atoms with van der Waals surface area (Å²) >= 11 is 0. The van der Waals surface area contributed by atoms with Crippen LogP contribution in [0.5, 0.6) is 5.75 Å². The summed E-state index contributed by atoms with van der Waals surface area (Å²) in [6.45, 7) is 6.06. The average Bonchev–Trinajstić information content (AvgIpc) is 2.93. The van der Waals surface area contributed by atoms with Crippen LogP contribution in [0.3, 0.4) is 0 Å². The molecule has 3 aromatic rings. The number of amides is 1. The van der Waals surface area contributed by atoms with Crippen molar-refractivity contribution in [3.63, 3.8) is 0 Å². The summed E-state index contributed by atoms with van der Waals surface area (Å²) in [5.41, 5.74) is 3.44. The lowest BCUT2D eigenvalue weighted by atomic mass is 9.83. The molecule has 1 atom stereocenters. The van der Waals surface area contributed by atoms with Gasteiger partial charge in [-0.15, -0.1) is 0 Å². The molecule has 0 aliphatic carbocycles. The third-order valence-electron chi connectivity index (χ3n) is 8.19. The second-order valence-electron chi connectivity index (χ2n) is 10.7. The second-order valence-corrected chi connectivity index (χ2v) is 10.7. The van der Waals surface area contributed by atoms with Crippen molar-refractivity contribution in [1.29, 1.82) is 0 Å². The molecule has 2 bridgehead atoms. The summed E-state index contributed by atoms with van der Waals surface area (Å²) in [4.78, 5) is 15.1. The van der Waals surface area contributed by atoms with E-state index in [0.29, 0.717) is 17.2 Å². The Bertz CT molecular complexity index is 1270. The van der Waals surface area contributed by atoms with Crippen LogP contribution in [0.15, 0.2) is 66.7 Å². The van der Waals surface area contributed by atoms with Crippen LogP contribution in [-0.4, -0.2) is 50.0 Å². The molecule has 3 aliphatic heterocycles. The van der Waals surface area contributed by atoms with Crippen LogP contribution in [-0.2, 0) is 17.7 Å². The molecule has 7 heteroatoms. The van der Waals surface area contributed by atoms with Crippen molar-refractivity contribution in [2.24, 2.45) is 5.92 Å². The van der Waals surface area contributed by atoms with Gasteiger partial charge in [-0.2, -0.15) is 0 Å². The maximum absolute atomic E-state index is 13.9. The van der Waals surface area contributed by atoms with E-state index in [1.807, 2.05) is 43.3 Å². The monoisotopic (exact) mass is 521 g/mol. The van der Waals surface area contributed by atoms with Crippen molar-refractivity contribution in [1.82, 2.24) is 0 Å². The van der Waals surface area contributed by atoms with Crippen molar-refractivity contribution in [2.75, 3.05) is 38.2 Å². The number of rotatable bonds is 8. The standard InChI is InChI=1S/C31H35F2N2O3/c1-22-4-3-5-26(18-22)34(20-24-8-11-28(32)29(33)19-24)31(36)38-30-21-35(16-13-25(30)14-17-35)15-12-23-6-9-27(37-2)10-7-23/h3-11,18-19,25,30H,12-17,20-21H2,1-2H3/q+1/t25?,30-,35?/m0/s1. The molecular formula is C31H35F2N2O3+. The van der Waals surface area contributed by atoms with Gasteiger partial charge in [0.1, 0.15) is 12.3 Å². The number of halogens is 2. The van der Waals surface area contributed by atoms with Crippen LogP contribution in [0.25, 0.3) is 0 Å². The van der Waals surface area contributed by atoms with E-state index in [1.54, 1.807) is 7.11 Å². The molecule has 200 valence electrons. The number of carbonyl (C=O) groups is 1. The van der Waals surface area contributed by atoms with Gasteiger partial charge in [0.25, 0.3) is 0 Å². The molecule has 3 fully saturated rings. The van der Waals surface area contributed by atoms with Gasteiger partial charge in [0.05, 0.1) is 33.3 Å². The van der Waals surface area contributed by atoms with E-state index in [-0.39, 0.29) is 12.6 Å². The Morgan fingerprint density at radius 3 is 2.39 bits per heavy atom. The minimum absolute atomic E-state index is 0.0916. The minimum Gasteiger partial charge on any atom is -0.497 e. The predicted octanol–water partition coefficient (Wildman–Crippen LogP) is 6.28. The number of hydrogen-bond donors (Lipinski definition) is 0. The summed E-state index contributed by atoms with van der Waals surface area (Å²) in [6, 6.07) is 19.5. The van der Waals surface area contributed by atoms with Gasteiger partial charge < -0.3 is 14.0 Å². The van der Waals surface area contributed by atoms with E-state index >= 15 is 0 Å². The van der Waals surface area contributed by atoms with Gasteiger partial charge in [-0.25, -0.2) is 13.6 Å². The number of quaternary nitrogens is 1. The van der Waals surface area contributed by atoms with Crippen molar-refractivity contribution >= 4 is 11.8 Å². The molecule has 5 nitrogen and oxygen atoms in total. The van der Waals surface area contributed by atoms with Crippen molar-refractivity contribution in [2.45, 2.75) is 38.8 Å². The topological polar surface area (TPSA) is 38.8 Å². The fourth-order valence-electron chi connectivity index (χ4n) is 5.90. The fourth-order valence-corrected chi connectivity index (χ4v) is 5.90. The molecule has 3 saturated heterocycles. The van der Waals surface area contributed by atoms with E-state index in [0.717, 1.165) is 73.4 Å². The molecule has 3 aliphatic rings. The highest BCUT2D eigenvalue weighted by Gasteiger charge is 2.47. The quantitative estimate of drug-likeness (QED) is 0.328. The number of ether oxygens (including phenoxy) is 2. The Labute approximate surface area is 223 Å². The Balaban J connectivity index is 1.30. The number of aryl methyl sites for hydroxylation is 1. The molecule has 3 heterocycles. The number of benzene rings is 3. The number of methoxy groups -OCH3 is 1. The second kappa shape index (κ2) is 11.1. The van der Waals surface area contributed by atoms with Gasteiger partial charge >= 0.3 is 6.09 Å². The van der Waals surface area contributed by atoms with Gasteiger partial charge in [-0.05, 0) is 60.0 Å². The molecule has 0 unspecified atom stereocenters. The smallest absolute Gasteiger partial charge is 0.415 e. The SMILES string of the molecule is COc1ccc(CC[N+]23CCC(CC2)[C@@H](OC(=O)N(Cc2ccc(F)c(F)c2)c2cccc(C)c2)C3)cc1. The molecule has 3 aromatic carbocycles. The van der Waals surface area contributed by atoms with Crippen LogP contribution >= 0.6 is 0 Å². The van der Waals surface area contributed by atoms with Crippen LogP contribution in [0.4, 0.5) is 19.3 Å². The van der Waals surface area contributed by atoms with Gasteiger partial charge in [0.15, 0.2) is 17.7 Å². The lowest BCUT2D eigenvalue weighted by Crippen LogP contribution is -2.65. The number of piperidine rings is 3. The van der Waals surface area contributed by atoms with Crippen LogP contribution < -0.4 is 9.64 Å². The summed E-state index contributed by atoms with van der Waals surface area (Å²) < 4.78 is 39.9. The lowest BCUT2D eigenvalue weighted by molar-refractivity contribution is -0.945. The number of carbonyl (C=O) groups excluding carboxylic acids is 1.